The molecule has 1 aliphatic carbocycles. The van der Waals surface area contributed by atoms with Crippen molar-refractivity contribution in [2.24, 2.45) is 0 Å². The van der Waals surface area contributed by atoms with Crippen molar-refractivity contribution in [3.8, 4) is 5.75 Å². The minimum atomic E-state index is -2.87. The Labute approximate surface area is 115 Å². The average molecular weight is 292 g/mol. The molecule has 2 N–H and O–H groups in total. The third kappa shape index (κ3) is 3.55. The van der Waals surface area contributed by atoms with Crippen molar-refractivity contribution in [3.05, 3.63) is 28.8 Å². The van der Waals surface area contributed by atoms with E-state index in [4.69, 9.17) is 11.6 Å². The smallest absolute Gasteiger partial charge is 0.387 e. The van der Waals surface area contributed by atoms with Crippen LogP contribution in [0.2, 0.25) is 5.02 Å². The molecule has 0 aromatic heterocycles. The van der Waals surface area contributed by atoms with Crippen LogP contribution in [0, 0.1) is 0 Å². The molecule has 1 aromatic rings. The van der Waals surface area contributed by atoms with E-state index in [1.54, 1.807) is 6.07 Å². The van der Waals surface area contributed by atoms with E-state index in [2.05, 4.69) is 10.1 Å². The summed E-state index contributed by atoms with van der Waals surface area (Å²) in [5.41, 5.74) is 0.275. The van der Waals surface area contributed by atoms with E-state index >= 15 is 0 Å². The first-order chi connectivity index (χ1) is 9.04. The van der Waals surface area contributed by atoms with Gasteiger partial charge >= 0.3 is 6.61 Å². The fourth-order valence-electron chi connectivity index (χ4n) is 2.17. The number of benzene rings is 1. The van der Waals surface area contributed by atoms with Gasteiger partial charge in [-0.3, -0.25) is 0 Å². The highest BCUT2D eigenvalue weighted by atomic mass is 35.5. The number of ether oxygens (including phenoxy) is 1. The Morgan fingerprint density at radius 2 is 2.16 bits per heavy atom. The number of alkyl halides is 2. The fourth-order valence-corrected chi connectivity index (χ4v) is 2.37. The molecule has 0 atom stereocenters. The first-order valence-corrected chi connectivity index (χ1v) is 6.52. The third-order valence-electron chi connectivity index (χ3n) is 3.51. The Morgan fingerprint density at radius 3 is 2.68 bits per heavy atom. The van der Waals surface area contributed by atoms with Crippen LogP contribution in [0.3, 0.4) is 0 Å². The summed E-state index contributed by atoms with van der Waals surface area (Å²) < 4.78 is 29.1. The number of hydrogen-bond acceptors (Lipinski definition) is 3. The Bertz CT molecular complexity index is 433. The zero-order valence-electron chi connectivity index (χ0n) is 10.3. The quantitative estimate of drug-likeness (QED) is 0.847. The number of aliphatic hydroxyl groups excluding tert-OH is 1. The van der Waals surface area contributed by atoms with E-state index in [1.165, 1.54) is 12.1 Å². The topological polar surface area (TPSA) is 41.5 Å². The molecule has 106 valence electrons. The molecule has 6 heteroatoms. The van der Waals surface area contributed by atoms with E-state index in [-0.39, 0.29) is 17.9 Å². The minimum absolute atomic E-state index is 0.0403. The van der Waals surface area contributed by atoms with Crippen LogP contribution in [-0.2, 0) is 6.54 Å². The average Bonchev–Trinajstić information content (AvgIpc) is 2.31. The zero-order valence-corrected chi connectivity index (χ0v) is 11.1. The molecule has 0 spiro atoms. The molecule has 2 rings (SSSR count). The van der Waals surface area contributed by atoms with Crippen molar-refractivity contribution < 1.29 is 18.6 Å². The van der Waals surface area contributed by atoms with Crippen molar-refractivity contribution in [2.75, 3.05) is 6.61 Å². The number of halogens is 3. The molecule has 1 aliphatic rings. The molecular formula is C13H16ClF2NO2. The van der Waals surface area contributed by atoms with Crippen molar-refractivity contribution in [2.45, 2.75) is 38.0 Å². The maximum Gasteiger partial charge on any atom is 0.387 e. The highest BCUT2D eigenvalue weighted by Crippen LogP contribution is 2.32. The SMILES string of the molecule is OCC1(NCc2cc(Cl)ccc2OC(F)F)CCC1. The van der Waals surface area contributed by atoms with Crippen LogP contribution in [0.1, 0.15) is 24.8 Å². The molecule has 0 radical (unpaired) electrons. The number of hydrogen-bond donors (Lipinski definition) is 2. The van der Waals surface area contributed by atoms with Gasteiger partial charge < -0.3 is 15.2 Å². The summed E-state index contributed by atoms with van der Waals surface area (Å²) in [5, 5.41) is 13.0. The predicted octanol–water partition coefficient (Wildman–Crippen LogP) is 2.95. The van der Waals surface area contributed by atoms with Crippen LogP contribution in [0.25, 0.3) is 0 Å². The van der Waals surface area contributed by atoms with Gasteiger partial charge in [0.1, 0.15) is 5.75 Å². The van der Waals surface area contributed by atoms with Crippen molar-refractivity contribution in [1.29, 1.82) is 0 Å². The first kappa shape index (κ1) is 14.5. The van der Waals surface area contributed by atoms with Gasteiger partial charge in [0.05, 0.1) is 6.61 Å². The summed E-state index contributed by atoms with van der Waals surface area (Å²) in [6.07, 6.45) is 2.83. The Kier molecular flexibility index (Phi) is 4.60. The summed E-state index contributed by atoms with van der Waals surface area (Å²) in [5.74, 6) is 0.110. The molecule has 3 nitrogen and oxygen atoms in total. The van der Waals surface area contributed by atoms with Crippen LogP contribution < -0.4 is 10.1 Å². The second kappa shape index (κ2) is 6.03. The van der Waals surface area contributed by atoms with Gasteiger partial charge in [0.15, 0.2) is 0 Å². The van der Waals surface area contributed by atoms with E-state index in [9.17, 15) is 13.9 Å². The normalized spacial score (nSPS) is 17.3. The summed E-state index contributed by atoms with van der Waals surface area (Å²) in [6.45, 7) is -2.49. The van der Waals surface area contributed by atoms with Gasteiger partial charge in [0.2, 0.25) is 0 Å². The van der Waals surface area contributed by atoms with Crippen LogP contribution in [0.4, 0.5) is 8.78 Å². The Balaban J connectivity index is 2.07. The van der Waals surface area contributed by atoms with E-state index in [0.717, 1.165) is 19.3 Å². The molecule has 19 heavy (non-hydrogen) atoms. The van der Waals surface area contributed by atoms with Crippen LogP contribution in [0.15, 0.2) is 18.2 Å². The van der Waals surface area contributed by atoms with Crippen molar-refractivity contribution in [1.82, 2.24) is 5.32 Å². The Hall–Kier alpha value is -0.910. The summed E-state index contributed by atoms with van der Waals surface area (Å²) in [6, 6.07) is 4.53. The molecule has 0 aliphatic heterocycles. The van der Waals surface area contributed by atoms with Gasteiger partial charge in [-0.25, -0.2) is 0 Å². The lowest BCUT2D eigenvalue weighted by Gasteiger charge is -2.41. The highest BCUT2D eigenvalue weighted by Gasteiger charge is 2.35. The second-order valence-electron chi connectivity index (χ2n) is 4.78. The molecular weight excluding hydrogens is 276 g/mol. The summed E-state index contributed by atoms with van der Waals surface area (Å²) >= 11 is 5.86. The van der Waals surface area contributed by atoms with E-state index < -0.39 is 6.61 Å². The molecule has 1 aromatic carbocycles. The Morgan fingerprint density at radius 1 is 1.42 bits per heavy atom. The van der Waals surface area contributed by atoms with Crippen molar-refractivity contribution >= 4 is 11.6 Å². The third-order valence-corrected chi connectivity index (χ3v) is 3.74. The molecule has 0 amide bonds. The predicted molar refractivity (Wildman–Crippen MR) is 68.6 cm³/mol. The lowest BCUT2D eigenvalue weighted by atomic mass is 9.77. The number of aliphatic hydroxyl groups is 1. The van der Waals surface area contributed by atoms with Crippen molar-refractivity contribution in [3.63, 3.8) is 0 Å². The van der Waals surface area contributed by atoms with Gasteiger partial charge in [-0.15, -0.1) is 0 Å². The molecule has 0 bridgehead atoms. The van der Waals surface area contributed by atoms with Gasteiger partial charge in [0, 0.05) is 22.7 Å². The monoisotopic (exact) mass is 291 g/mol. The van der Waals surface area contributed by atoms with Crippen LogP contribution in [0.5, 0.6) is 5.75 Å². The van der Waals surface area contributed by atoms with E-state index in [1.807, 2.05) is 0 Å². The van der Waals surface area contributed by atoms with Gasteiger partial charge in [-0.05, 0) is 37.5 Å². The first-order valence-electron chi connectivity index (χ1n) is 6.14. The molecule has 1 saturated carbocycles. The van der Waals surface area contributed by atoms with Gasteiger partial charge in [-0.2, -0.15) is 8.78 Å². The highest BCUT2D eigenvalue weighted by molar-refractivity contribution is 6.30. The summed E-state index contributed by atoms with van der Waals surface area (Å²) in [4.78, 5) is 0. The molecule has 0 saturated heterocycles. The van der Waals surface area contributed by atoms with Crippen LogP contribution >= 0.6 is 11.6 Å². The molecule has 0 unspecified atom stereocenters. The maximum absolute atomic E-state index is 12.3. The summed E-state index contributed by atoms with van der Waals surface area (Å²) in [7, 11) is 0. The fraction of sp³-hybridized carbons (Fsp3) is 0.538. The van der Waals surface area contributed by atoms with E-state index in [0.29, 0.717) is 17.1 Å². The number of nitrogens with one attached hydrogen (secondary N) is 1. The standard InChI is InChI=1S/C13H16ClF2NO2/c14-10-2-3-11(19-12(15)16)9(6-10)7-17-13(8-18)4-1-5-13/h2-3,6,12,17-18H,1,4-5,7-8H2. The van der Waals surface area contributed by atoms with Crippen LogP contribution in [-0.4, -0.2) is 23.9 Å². The zero-order chi connectivity index (χ0) is 13.9. The molecule has 0 heterocycles. The van der Waals surface area contributed by atoms with Gasteiger partial charge in [-0.1, -0.05) is 11.6 Å². The molecule has 1 fully saturated rings. The lowest BCUT2D eigenvalue weighted by molar-refractivity contribution is -0.0506. The second-order valence-corrected chi connectivity index (χ2v) is 5.21. The largest absolute Gasteiger partial charge is 0.434 e. The minimum Gasteiger partial charge on any atom is -0.434 e. The maximum atomic E-state index is 12.3. The van der Waals surface area contributed by atoms with Gasteiger partial charge in [0.25, 0.3) is 0 Å². The number of rotatable bonds is 6. The lowest BCUT2D eigenvalue weighted by Crippen LogP contribution is -2.53.